The van der Waals surface area contributed by atoms with Crippen molar-refractivity contribution in [3.05, 3.63) is 70.9 Å². The first-order valence-corrected chi connectivity index (χ1v) is 12.5. The van der Waals surface area contributed by atoms with E-state index in [1.165, 1.54) is 12.0 Å². The van der Waals surface area contributed by atoms with Gasteiger partial charge in [0.1, 0.15) is 12.4 Å². The molecule has 0 aliphatic rings. The van der Waals surface area contributed by atoms with E-state index in [2.05, 4.69) is 15.7 Å². The van der Waals surface area contributed by atoms with Crippen LogP contribution in [0.25, 0.3) is 5.69 Å². The molecule has 0 unspecified atom stereocenters. The number of aromatic nitrogens is 2. The highest BCUT2D eigenvalue weighted by Gasteiger charge is 2.30. The number of methoxy groups -OCH3 is 1. The summed E-state index contributed by atoms with van der Waals surface area (Å²) < 4.78 is 45.2. The van der Waals surface area contributed by atoms with Crippen molar-refractivity contribution in [2.24, 2.45) is 0 Å². The number of alkyl halides is 3. The number of amides is 3. The molecule has 1 aromatic heterocycles. The van der Waals surface area contributed by atoms with Gasteiger partial charge in [0, 0.05) is 37.4 Å². The fourth-order valence-electron chi connectivity index (χ4n) is 3.60. The standard InChI is InChI=1S/C27H31ClF3N5O3/c1-26(2,3)22-16-23(36(34-22)21-9-6-5-8-20(21)28)33-24(37)17-35(14-7-15-39-4)25(38)32-19-12-10-18(11-13-19)27(29,30)31/h5-6,8-13,16H,7,14-15,17H2,1-4H3,(H,32,38)(H,33,37). The first-order chi connectivity index (χ1) is 18.3. The Labute approximate surface area is 230 Å². The van der Waals surface area contributed by atoms with Gasteiger partial charge in [0.2, 0.25) is 5.91 Å². The smallest absolute Gasteiger partial charge is 0.385 e. The molecular weight excluding hydrogens is 535 g/mol. The van der Waals surface area contributed by atoms with Gasteiger partial charge in [-0.15, -0.1) is 0 Å². The monoisotopic (exact) mass is 565 g/mol. The molecule has 12 heteroatoms. The van der Waals surface area contributed by atoms with Crippen molar-refractivity contribution in [1.29, 1.82) is 0 Å². The van der Waals surface area contributed by atoms with Gasteiger partial charge in [0.25, 0.3) is 0 Å². The van der Waals surface area contributed by atoms with Crippen LogP contribution in [0.4, 0.5) is 29.5 Å². The zero-order valence-corrected chi connectivity index (χ0v) is 22.9. The molecule has 2 aromatic carbocycles. The lowest BCUT2D eigenvalue weighted by Crippen LogP contribution is -2.41. The second-order valence-corrected chi connectivity index (χ2v) is 10.3. The third kappa shape index (κ3) is 8.21. The van der Waals surface area contributed by atoms with Gasteiger partial charge in [0.15, 0.2) is 0 Å². The molecule has 3 aromatic rings. The minimum Gasteiger partial charge on any atom is -0.385 e. The Balaban J connectivity index is 1.80. The summed E-state index contributed by atoms with van der Waals surface area (Å²) in [6.45, 7) is 6.16. The molecule has 8 nitrogen and oxygen atoms in total. The average Bonchev–Trinajstić information content (AvgIpc) is 3.27. The van der Waals surface area contributed by atoms with Crippen molar-refractivity contribution in [1.82, 2.24) is 14.7 Å². The number of nitrogens with zero attached hydrogens (tertiary/aromatic N) is 3. The minimum absolute atomic E-state index is 0.164. The van der Waals surface area contributed by atoms with Gasteiger partial charge in [-0.3, -0.25) is 4.79 Å². The van der Waals surface area contributed by atoms with E-state index in [4.69, 9.17) is 16.3 Å². The number of urea groups is 1. The molecular formula is C27H31ClF3N5O3. The number of ether oxygens (including phenoxy) is 1. The van der Waals surface area contributed by atoms with Crippen LogP contribution in [0.15, 0.2) is 54.6 Å². The molecule has 0 atom stereocenters. The summed E-state index contributed by atoms with van der Waals surface area (Å²) in [5.41, 5.74) is 0.301. The van der Waals surface area contributed by atoms with Crippen LogP contribution in [0.2, 0.25) is 5.02 Å². The van der Waals surface area contributed by atoms with Gasteiger partial charge in [-0.1, -0.05) is 44.5 Å². The maximum atomic E-state index is 13.1. The van der Waals surface area contributed by atoms with Crippen LogP contribution in [0, 0.1) is 0 Å². The predicted molar refractivity (Wildman–Crippen MR) is 144 cm³/mol. The SMILES string of the molecule is COCCCN(CC(=O)Nc1cc(C(C)(C)C)nn1-c1ccccc1Cl)C(=O)Nc1ccc(C(F)(F)F)cc1. The Morgan fingerprint density at radius 2 is 1.72 bits per heavy atom. The molecule has 3 rings (SSSR count). The Morgan fingerprint density at radius 3 is 2.31 bits per heavy atom. The van der Waals surface area contributed by atoms with Gasteiger partial charge >= 0.3 is 12.2 Å². The van der Waals surface area contributed by atoms with Gasteiger partial charge in [-0.2, -0.15) is 18.3 Å². The molecule has 0 fully saturated rings. The van der Waals surface area contributed by atoms with Crippen molar-refractivity contribution in [2.75, 3.05) is 37.4 Å². The second kappa shape index (κ2) is 12.5. The van der Waals surface area contributed by atoms with Crippen molar-refractivity contribution in [3.63, 3.8) is 0 Å². The number of hydrogen-bond acceptors (Lipinski definition) is 4. The van der Waals surface area contributed by atoms with Crippen LogP contribution in [-0.4, -0.2) is 53.4 Å². The molecule has 3 amide bonds. The highest BCUT2D eigenvalue weighted by atomic mass is 35.5. The van der Waals surface area contributed by atoms with Crippen LogP contribution >= 0.6 is 11.6 Å². The molecule has 0 spiro atoms. The number of rotatable bonds is 9. The minimum atomic E-state index is -4.49. The van der Waals surface area contributed by atoms with Gasteiger partial charge in [-0.05, 0) is 42.8 Å². The van der Waals surface area contributed by atoms with E-state index >= 15 is 0 Å². The number of nitrogens with one attached hydrogen (secondary N) is 2. The Hall–Kier alpha value is -3.57. The van der Waals surface area contributed by atoms with E-state index in [0.29, 0.717) is 29.6 Å². The average molecular weight is 566 g/mol. The maximum absolute atomic E-state index is 13.1. The fraction of sp³-hybridized carbons (Fsp3) is 0.370. The molecule has 0 radical (unpaired) electrons. The molecule has 0 aliphatic heterocycles. The maximum Gasteiger partial charge on any atom is 0.416 e. The van der Waals surface area contributed by atoms with Crippen LogP contribution in [-0.2, 0) is 21.1 Å². The van der Waals surface area contributed by atoms with Gasteiger partial charge < -0.3 is 20.3 Å². The highest BCUT2D eigenvalue weighted by molar-refractivity contribution is 6.32. The number of halogens is 4. The van der Waals surface area contributed by atoms with Crippen molar-refractivity contribution in [2.45, 2.75) is 38.8 Å². The summed E-state index contributed by atoms with van der Waals surface area (Å²) in [5, 5.41) is 10.5. The first-order valence-electron chi connectivity index (χ1n) is 12.2. The summed E-state index contributed by atoms with van der Waals surface area (Å²) in [7, 11) is 1.52. The summed E-state index contributed by atoms with van der Waals surface area (Å²) in [6.07, 6.45) is -4.05. The van der Waals surface area contributed by atoms with Crippen molar-refractivity contribution >= 4 is 35.0 Å². The van der Waals surface area contributed by atoms with E-state index in [1.807, 2.05) is 20.8 Å². The Morgan fingerprint density at radius 1 is 1.05 bits per heavy atom. The quantitative estimate of drug-likeness (QED) is 0.296. The van der Waals surface area contributed by atoms with Crippen LogP contribution < -0.4 is 10.6 Å². The zero-order valence-electron chi connectivity index (χ0n) is 22.1. The normalized spacial score (nSPS) is 11.8. The number of benzene rings is 2. The van der Waals surface area contributed by atoms with E-state index in [-0.39, 0.29) is 24.2 Å². The summed E-state index contributed by atoms with van der Waals surface area (Å²) in [6, 6.07) is 12.2. The lowest BCUT2D eigenvalue weighted by Gasteiger charge is -2.23. The Bertz CT molecular complexity index is 1290. The summed E-state index contributed by atoms with van der Waals surface area (Å²) >= 11 is 6.39. The largest absolute Gasteiger partial charge is 0.416 e. The third-order valence-electron chi connectivity index (χ3n) is 5.69. The van der Waals surface area contributed by atoms with E-state index in [1.54, 1.807) is 35.0 Å². The lowest BCUT2D eigenvalue weighted by molar-refractivity contribution is -0.137. The molecule has 210 valence electrons. The van der Waals surface area contributed by atoms with Gasteiger partial charge in [0.05, 0.1) is 22.0 Å². The number of carbonyl (C=O) groups excluding carboxylic acids is 2. The topological polar surface area (TPSA) is 88.5 Å². The number of anilines is 2. The van der Waals surface area contributed by atoms with Crippen LogP contribution in [0.5, 0.6) is 0 Å². The summed E-state index contributed by atoms with van der Waals surface area (Å²) in [4.78, 5) is 27.4. The Kier molecular flexibility index (Phi) is 9.63. The molecule has 1 heterocycles. The molecule has 2 N–H and O–H groups in total. The predicted octanol–water partition coefficient (Wildman–Crippen LogP) is 6.35. The molecule has 0 bridgehead atoms. The third-order valence-corrected chi connectivity index (χ3v) is 6.01. The zero-order chi connectivity index (χ0) is 28.8. The first kappa shape index (κ1) is 30.0. The molecule has 0 saturated heterocycles. The number of carbonyl (C=O) groups is 2. The number of para-hydroxylation sites is 1. The fourth-order valence-corrected chi connectivity index (χ4v) is 3.81. The van der Waals surface area contributed by atoms with Crippen LogP contribution in [0.3, 0.4) is 0 Å². The summed E-state index contributed by atoms with van der Waals surface area (Å²) in [5.74, 6) is -0.123. The van der Waals surface area contributed by atoms with E-state index < -0.39 is 23.7 Å². The van der Waals surface area contributed by atoms with Crippen LogP contribution in [0.1, 0.15) is 38.4 Å². The van der Waals surface area contributed by atoms with Crippen molar-refractivity contribution < 1.29 is 27.5 Å². The van der Waals surface area contributed by atoms with Gasteiger partial charge in [-0.25, -0.2) is 9.48 Å². The second-order valence-electron chi connectivity index (χ2n) is 9.85. The molecule has 39 heavy (non-hydrogen) atoms. The number of hydrogen-bond donors (Lipinski definition) is 2. The molecule has 0 aliphatic carbocycles. The molecule has 0 saturated carbocycles. The van der Waals surface area contributed by atoms with Crippen molar-refractivity contribution in [3.8, 4) is 5.69 Å². The van der Waals surface area contributed by atoms with E-state index in [9.17, 15) is 22.8 Å². The van der Waals surface area contributed by atoms with E-state index in [0.717, 1.165) is 30.0 Å². The lowest BCUT2D eigenvalue weighted by atomic mass is 9.92. The highest BCUT2D eigenvalue weighted by Crippen LogP contribution is 2.30.